The zero-order valence-corrected chi connectivity index (χ0v) is 65.2. The predicted molar refractivity (Wildman–Crippen MR) is 426 cm³/mol. The molecule has 3 heterocycles. The molecule has 10 aromatic rings. The van der Waals surface area contributed by atoms with Gasteiger partial charge in [-0.3, -0.25) is 0 Å². The first kappa shape index (κ1) is 82.3. The SMILES string of the molecule is C[Si](C)(C)CCO[C@@H]1O[C@H](COC(=O)c2ccccc2)[C@H](O[C@H]2O[C@H](COCc3ccccc3)[C@H](O[C@H]3O[C@H](COCc4ccccc4)[C@H](OCc4ccccc4)[C@H](OCc4ccccc4)[C@H]3OCc3ccccc3)[C@H](OC(=O)c3ccccc3)[C@H]2OC(=O)c2ccccc2)[C@H](OC(=O)c2ccccc2)[C@H]1OC(=O)c1ccccc1. The first-order chi connectivity index (χ1) is 56.2. The van der Waals surface area contributed by atoms with Crippen molar-refractivity contribution in [3.05, 3.63) is 359 Å². The Labute approximate surface area is 670 Å². The largest absolute Gasteiger partial charge is 0.459 e. The van der Waals surface area contributed by atoms with Crippen LogP contribution >= 0.6 is 0 Å². The molecule has 0 unspecified atom stereocenters. The second-order valence-electron chi connectivity index (χ2n) is 29.2. The first-order valence-corrected chi connectivity index (χ1v) is 42.3. The van der Waals surface area contributed by atoms with E-state index in [4.69, 9.17) is 75.8 Å². The predicted octanol–water partition coefficient (Wildman–Crippen LogP) is 15.2. The molecule has 0 saturated carbocycles. The normalized spacial score (nSPS) is 23.3. The highest BCUT2D eigenvalue weighted by molar-refractivity contribution is 6.76. The number of benzene rings is 10. The topological polar surface area (TPSA) is 233 Å². The number of carbonyl (C=O) groups is 5. The van der Waals surface area contributed by atoms with Crippen molar-refractivity contribution in [3.8, 4) is 0 Å². The molecule has 596 valence electrons. The molecule has 3 fully saturated rings. The Bertz CT molecular complexity index is 4600. The van der Waals surface area contributed by atoms with Crippen LogP contribution in [0.1, 0.15) is 79.6 Å². The van der Waals surface area contributed by atoms with Gasteiger partial charge in [0.1, 0.15) is 55.4 Å². The van der Waals surface area contributed by atoms with Crippen molar-refractivity contribution in [2.75, 3.05) is 26.4 Å². The maximum absolute atomic E-state index is 15.6. The lowest BCUT2D eigenvalue weighted by molar-refractivity contribution is -0.383. The fourth-order valence-corrected chi connectivity index (χ4v) is 14.2. The van der Waals surface area contributed by atoms with Gasteiger partial charge < -0.3 is 75.8 Å². The summed E-state index contributed by atoms with van der Waals surface area (Å²) in [6.07, 6.45) is -23.2. The Morgan fingerprint density at radius 3 is 0.896 bits per heavy atom. The maximum atomic E-state index is 15.6. The number of hydrogen-bond acceptors (Lipinski definition) is 21. The van der Waals surface area contributed by atoms with Crippen molar-refractivity contribution < 1.29 is 99.8 Å². The molecule has 3 saturated heterocycles. The van der Waals surface area contributed by atoms with Crippen LogP contribution in [0.5, 0.6) is 0 Å². The maximum Gasteiger partial charge on any atom is 0.338 e. The Morgan fingerprint density at radius 2 is 0.539 bits per heavy atom. The summed E-state index contributed by atoms with van der Waals surface area (Å²) in [4.78, 5) is 75.6. The molecule has 21 nitrogen and oxygen atoms in total. The van der Waals surface area contributed by atoms with E-state index in [1.807, 2.05) is 152 Å². The average molecular weight is 1580 g/mol. The van der Waals surface area contributed by atoms with Gasteiger partial charge in [-0.15, -0.1) is 0 Å². The third-order valence-corrected chi connectivity index (χ3v) is 21.2. The van der Waals surface area contributed by atoms with Crippen LogP contribution in [0.2, 0.25) is 25.7 Å². The van der Waals surface area contributed by atoms with Crippen molar-refractivity contribution in [3.63, 3.8) is 0 Å². The van der Waals surface area contributed by atoms with Gasteiger partial charge in [-0.1, -0.05) is 262 Å². The van der Waals surface area contributed by atoms with E-state index in [0.717, 1.165) is 27.8 Å². The molecule has 3 aliphatic rings. The molecule has 0 radical (unpaired) electrons. The van der Waals surface area contributed by atoms with Gasteiger partial charge in [0.15, 0.2) is 43.3 Å². The number of carbonyl (C=O) groups excluding carboxylic acids is 5. The minimum Gasteiger partial charge on any atom is -0.459 e. The van der Waals surface area contributed by atoms with E-state index >= 15 is 14.4 Å². The molecule has 0 spiro atoms. The van der Waals surface area contributed by atoms with Crippen LogP contribution in [0.3, 0.4) is 0 Å². The van der Waals surface area contributed by atoms with Crippen molar-refractivity contribution in [1.29, 1.82) is 0 Å². The number of rotatable bonds is 36. The fraction of sp³-hybridized carbons (Fsp3) is 0.301. The summed E-state index contributed by atoms with van der Waals surface area (Å²) in [5.74, 6) is -4.41. The summed E-state index contributed by atoms with van der Waals surface area (Å²) in [5, 5.41) is 0. The molecule has 13 rings (SSSR count). The Balaban J connectivity index is 0.982. The van der Waals surface area contributed by atoms with Gasteiger partial charge in [-0.25, -0.2) is 24.0 Å². The molecule has 15 atom stereocenters. The van der Waals surface area contributed by atoms with E-state index < -0.39 is 143 Å². The molecular formula is C93H94O21Si. The van der Waals surface area contributed by atoms with E-state index in [2.05, 4.69) is 19.6 Å². The molecule has 3 aliphatic heterocycles. The highest BCUT2D eigenvalue weighted by atomic mass is 28.3. The van der Waals surface area contributed by atoms with Gasteiger partial charge in [0.2, 0.25) is 0 Å². The molecule has 115 heavy (non-hydrogen) atoms. The molecule has 0 aromatic heterocycles. The number of hydrogen-bond donors (Lipinski definition) is 0. The van der Waals surface area contributed by atoms with Gasteiger partial charge in [0.05, 0.1) is 74.1 Å². The van der Waals surface area contributed by atoms with Gasteiger partial charge in [-0.05, 0) is 94.5 Å². The minimum absolute atomic E-state index is 0.00434. The minimum atomic E-state index is -1.99. The quantitative estimate of drug-likeness (QED) is 0.0202. The van der Waals surface area contributed by atoms with E-state index in [9.17, 15) is 9.59 Å². The second-order valence-corrected chi connectivity index (χ2v) is 34.8. The molecule has 0 bridgehead atoms. The zero-order valence-electron chi connectivity index (χ0n) is 64.2. The fourth-order valence-electron chi connectivity index (χ4n) is 13.5. The Morgan fingerprint density at radius 1 is 0.270 bits per heavy atom. The summed E-state index contributed by atoms with van der Waals surface area (Å²) in [6.45, 7) is 5.74. The average Bonchev–Trinajstić information content (AvgIpc) is 0.752. The number of ether oxygens (including phenoxy) is 16. The summed E-state index contributed by atoms with van der Waals surface area (Å²) < 4.78 is 112. The van der Waals surface area contributed by atoms with Crippen LogP contribution in [0.15, 0.2) is 303 Å². The van der Waals surface area contributed by atoms with Crippen LogP contribution in [0.25, 0.3) is 0 Å². The van der Waals surface area contributed by atoms with Crippen molar-refractivity contribution in [1.82, 2.24) is 0 Å². The molecule has 0 N–H and O–H groups in total. The van der Waals surface area contributed by atoms with E-state index in [-0.39, 0.29) is 74.1 Å². The van der Waals surface area contributed by atoms with Crippen LogP contribution < -0.4 is 0 Å². The van der Waals surface area contributed by atoms with Gasteiger partial charge in [0.25, 0.3) is 0 Å². The third-order valence-electron chi connectivity index (χ3n) is 19.5. The van der Waals surface area contributed by atoms with Crippen LogP contribution in [-0.2, 0) is 109 Å². The van der Waals surface area contributed by atoms with Crippen molar-refractivity contribution in [2.45, 2.75) is 151 Å². The highest BCUT2D eigenvalue weighted by Crippen LogP contribution is 2.40. The van der Waals surface area contributed by atoms with Gasteiger partial charge >= 0.3 is 29.8 Å². The lowest BCUT2D eigenvalue weighted by atomic mass is 9.94. The number of esters is 5. The second kappa shape index (κ2) is 41.6. The van der Waals surface area contributed by atoms with Crippen LogP contribution in [-0.4, -0.2) is 156 Å². The molecule has 0 aliphatic carbocycles. The van der Waals surface area contributed by atoms with E-state index in [0.29, 0.717) is 6.04 Å². The lowest BCUT2D eigenvalue weighted by Crippen LogP contribution is -2.68. The smallest absolute Gasteiger partial charge is 0.338 e. The van der Waals surface area contributed by atoms with Gasteiger partial charge in [0, 0.05) is 14.7 Å². The third kappa shape index (κ3) is 23.5. The monoisotopic (exact) mass is 1570 g/mol. The summed E-state index contributed by atoms with van der Waals surface area (Å²) >= 11 is 0. The zero-order chi connectivity index (χ0) is 79.6. The summed E-state index contributed by atoms with van der Waals surface area (Å²) in [6, 6.07) is 89.3. The standard InChI is InChI=1S/C93H94O21Si/c1-115(2,3)55-54-101-91-84(111-89(97)72-50-30-12-31-51-72)81(109-87(95)70-46-26-10-27-47-70)79(76(106-91)63-105-86(94)69-44-24-9-25-45-69)114-93-85(112-90(98)73-52-32-13-33-53-73)82(110-88(96)71-48-28-11-29-49-71)78(75(108-93)62-100-57-65-36-16-5-17-37-65)113-92-83(104-60-68-42-22-8-23-43-68)80(103-59-67-40-20-7-21-41-67)77(102-58-66-38-18-6-19-39-66)74(107-92)61-99-56-64-34-14-4-15-35-64/h4-53,74-85,91-93H,54-63H2,1-3H3/t74-,75-,76-,77+,78+,79+,80+,81+,82+,83-,84-,85-,91-,92-,93-/m1/s1. The van der Waals surface area contributed by atoms with Gasteiger partial charge in [-0.2, -0.15) is 0 Å². The Kier molecular flexibility index (Phi) is 29.8. The lowest BCUT2D eigenvalue weighted by Gasteiger charge is -2.51. The van der Waals surface area contributed by atoms with E-state index in [1.54, 1.807) is 140 Å². The highest BCUT2D eigenvalue weighted by Gasteiger charge is 2.60. The summed E-state index contributed by atoms with van der Waals surface area (Å²) in [5.41, 5.74) is 4.63. The van der Waals surface area contributed by atoms with Crippen molar-refractivity contribution >= 4 is 37.9 Å². The molecule has 22 heteroatoms. The van der Waals surface area contributed by atoms with Crippen LogP contribution in [0.4, 0.5) is 0 Å². The van der Waals surface area contributed by atoms with E-state index in [1.165, 1.54) is 12.1 Å². The molecular weight excluding hydrogens is 1480 g/mol. The first-order valence-electron chi connectivity index (χ1n) is 38.6. The Hall–Kier alpha value is -10.7. The van der Waals surface area contributed by atoms with Crippen LogP contribution in [0, 0.1) is 0 Å². The summed E-state index contributed by atoms with van der Waals surface area (Å²) in [7, 11) is -1.90. The molecule has 10 aromatic carbocycles. The molecule has 0 amide bonds. The van der Waals surface area contributed by atoms with Crippen molar-refractivity contribution in [2.24, 2.45) is 0 Å².